The summed E-state index contributed by atoms with van der Waals surface area (Å²) < 4.78 is 0. The Balaban J connectivity index is 1.78. The van der Waals surface area contributed by atoms with Crippen LogP contribution in [0.3, 0.4) is 0 Å². The fraction of sp³-hybridized carbons (Fsp3) is 0.148. The van der Waals surface area contributed by atoms with E-state index in [1.165, 1.54) is 0 Å². The predicted octanol–water partition coefficient (Wildman–Crippen LogP) is 5.10. The predicted molar refractivity (Wildman–Crippen MR) is 117 cm³/mol. The molecule has 3 aromatic rings. The second kappa shape index (κ2) is 7.27. The number of benzene rings is 3. The van der Waals surface area contributed by atoms with Gasteiger partial charge in [-0.05, 0) is 22.8 Å². The summed E-state index contributed by atoms with van der Waals surface area (Å²) in [5.41, 5.74) is 1.85. The maximum absolute atomic E-state index is 13.8. The Labute approximate surface area is 181 Å². The van der Waals surface area contributed by atoms with E-state index >= 15 is 0 Å². The molecule has 3 aromatic carbocycles. The van der Waals surface area contributed by atoms with Gasteiger partial charge in [-0.1, -0.05) is 84.9 Å². The number of hydrogen-bond donors (Lipinski definition) is 0. The van der Waals surface area contributed by atoms with Crippen molar-refractivity contribution < 1.29 is 4.79 Å². The Kier molecular flexibility index (Phi) is 4.42. The Morgan fingerprint density at radius 1 is 0.839 bits per heavy atom. The first-order valence-electron chi connectivity index (χ1n) is 10.2. The van der Waals surface area contributed by atoms with Gasteiger partial charge in [0.2, 0.25) is 0 Å². The molecule has 1 saturated heterocycles. The zero-order chi connectivity index (χ0) is 21.4. The van der Waals surface area contributed by atoms with Crippen LogP contribution >= 0.6 is 0 Å². The third-order valence-corrected chi connectivity index (χ3v) is 6.43. The fourth-order valence-corrected chi connectivity index (χ4v) is 5.10. The summed E-state index contributed by atoms with van der Waals surface area (Å²) in [6.07, 6.45) is 3.84. The molecule has 0 aliphatic carbocycles. The van der Waals surface area contributed by atoms with Gasteiger partial charge in [0.1, 0.15) is 6.04 Å². The second-order valence-corrected chi connectivity index (χ2v) is 7.95. The van der Waals surface area contributed by atoms with Gasteiger partial charge in [-0.25, -0.2) is 0 Å². The maximum Gasteiger partial charge on any atom is 0.185 e. The Hall–Kier alpha value is -4.15. The number of fused-ring (bicyclic) bond motifs is 3. The van der Waals surface area contributed by atoms with Gasteiger partial charge in [0.25, 0.3) is 0 Å². The van der Waals surface area contributed by atoms with Crippen LogP contribution in [0.25, 0.3) is 6.08 Å². The van der Waals surface area contributed by atoms with Crippen LogP contribution in [0.15, 0.2) is 91.1 Å². The molecule has 0 bridgehead atoms. The summed E-state index contributed by atoms with van der Waals surface area (Å²) in [5, 5.41) is 20.9. The minimum atomic E-state index is -1.42. The number of carbonyl (C=O) groups is 1. The fourth-order valence-electron chi connectivity index (χ4n) is 5.10. The lowest BCUT2D eigenvalue weighted by Gasteiger charge is -2.34. The van der Waals surface area contributed by atoms with E-state index in [0.29, 0.717) is 5.56 Å². The largest absolute Gasteiger partial charge is 0.357 e. The third-order valence-electron chi connectivity index (χ3n) is 6.43. The van der Waals surface area contributed by atoms with E-state index in [1.807, 2.05) is 90.0 Å². The zero-order valence-electron chi connectivity index (χ0n) is 16.7. The molecule has 31 heavy (non-hydrogen) atoms. The minimum absolute atomic E-state index is 0.0872. The van der Waals surface area contributed by atoms with E-state index in [4.69, 9.17) is 0 Å². The SMILES string of the molecule is N#CC1(C#N)C(c2ccccc2)[C@@H](C(=O)c2ccccc2)N2C=Cc3ccccc3[C@@H]21. The summed E-state index contributed by atoms with van der Waals surface area (Å²) in [6.45, 7) is 0. The first kappa shape index (κ1) is 18.9. The highest BCUT2D eigenvalue weighted by molar-refractivity contribution is 6.01. The highest BCUT2D eigenvalue weighted by Crippen LogP contribution is 2.59. The van der Waals surface area contributed by atoms with Crippen molar-refractivity contribution in [3.8, 4) is 12.1 Å². The molecule has 2 heterocycles. The van der Waals surface area contributed by atoms with Crippen molar-refractivity contribution in [2.75, 3.05) is 0 Å². The van der Waals surface area contributed by atoms with Crippen molar-refractivity contribution in [3.05, 3.63) is 113 Å². The van der Waals surface area contributed by atoms with Gasteiger partial charge in [-0.3, -0.25) is 4.79 Å². The number of rotatable bonds is 3. The topological polar surface area (TPSA) is 67.9 Å². The van der Waals surface area contributed by atoms with Gasteiger partial charge in [0.15, 0.2) is 11.2 Å². The average Bonchev–Trinajstić information content (AvgIpc) is 3.15. The van der Waals surface area contributed by atoms with Crippen LogP contribution in [-0.4, -0.2) is 16.7 Å². The van der Waals surface area contributed by atoms with Gasteiger partial charge < -0.3 is 4.90 Å². The molecule has 0 saturated carbocycles. The van der Waals surface area contributed by atoms with E-state index in [9.17, 15) is 15.3 Å². The van der Waals surface area contributed by atoms with Crippen molar-refractivity contribution in [2.45, 2.75) is 18.0 Å². The number of carbonyl (C=O) groups excluding carboxylic acids is 1. The van der Waals surface area contributed by atoms with Crippen molar-refractivity contribution in [2.24, 2.45) is 5.41 Å². The van der Waals surface area contributed by atoms with Gasteiger partial charge in [-0.15, -0.1) is 0 Å². The van der Waals surface area contributed by atoms with E-state index < -0.39 is 23.4 Å². The van der Waals surface area contributed by atoms with Crippen molar-refractivity contribution in [3.63, 3.8) is 0 Å². The maximum atomic E-state index is 13.8. The lowest BCUT2D eigenvalue weighted by Crippen LogP contribution is -2.37. The molecule has 5 rings (SSSR count). The zero-order valence-corrected chi connectivity index (χ0v) is 16.7. The molecular formula is C27H19N3O. The average molecular weight is 401 g/mol. The van der Waals surface area contributed by atoms with Gasteiger partial charge in [0.05, 0.1) is 18.2 Å². The molecule has 0 amide bonds. The number of nitriles is 2. The molecule has 0 N–H and O–H groups in total. The molecule has 4 nitrogen and oxygen atoms in total. The molecule has 4 heteroatoms. The van der Waals surface area contributed by atoms with Crippen LogP contribution in [0.5, 0.6) is 0 Å². The molecule has 148 valence electrons. The summed E-state index contributed by atoms with van der Waals surface area (Å²) in [7, 11) is 0. The minimum Gasteiger partial charge on any atom is -0.357 e. The summed E-state index contributed by atoms with van der Waals surface area (Å²) in [6, 6.07) is 29.9. The molecule has 1 fully saturated rings. The van der Waals surface area contributed by atoms with Crippen molar-refractivity contribution in [1.29, 1.82) is 10.5 Å². The highest BCUT2D eigenvalue weighted by Gasteiger charge is 2.63. The number of nitrogens with zero attached hydrogens (tertiary/aromatic N) is 3. The highest BCUT2D eigenvalue weighted by atomic mass is 16.1. The van der Waals surface area contributed by atoms with Crippen molar-refractivity contribution >= 4 is 11.9 Å². The van der Waals surface area contributed by atoms with Crippen LogP contribution in [0.4, 0.5) is 0 Å². The van der Waals surface area contributed by atoms with E-state index in [0.717, 1.165) is 16.7 Å². The van der Waals surface area contributed by atoms with Gasteiger partial charge in [-0.2, -0.15) is 10.5 Å². The number of ketones is 1. The quantitative estimate of drug-likeness (QED) is 0.573. The smallest absolute Gasteiger partial charge is 0.185 e. The van der Waals surface area contributed by atoms with Crippen LogP contribution in [0, 0.1) is 28.1 Å². The van der Waals surface area contributed by atoms with Crippen molar-refractivity contribution in [1.82, 2.24) is 4.90 Å². The van der Waals surface area contributed by atoms with Gasteiger partial charge >= 0.3 is 0 Å². The van der Waals surface area contributed by atoms with Crippen LogP contribution in [-0.2, 0) is 0 Å². The lowest BCUT2D eigenvalue weighted by molar-refractivity contribution is 0.0874. The normalized spacial score (nSPS) is 22.6. The molecule has 0 spiro atoms. The van der Waals surface area contributed by atoms with Crippen LogP contribution in [0.1, 0.15) is 39.0 Å². The first-order chi connectivity index (χ1) is 15.2. The standard InChI is InChI=1S/C27H19N3O/c28-17-27(18-29)23(20-10-3-1-4-11-20)24(25(31)21-12-5-2-6-13-21)30-16-15-19-9-7-8-14-22(19)26(27)30/h1-16,23-24,26H/t23?,24-,26+/m0/s1. The Morgan fingerprint density at radius 3 is 2.13 bits per heavy atom. The third kappa shape index (κ3) is 2.70. The summed E-state index contributed by atoms with van der Waals surface area (Å²) >= 11 is 0. The second-order valence-electron chi connectivity index (χ2n) is 7.95. The lowest BCUT2D eigenvalue weighted by atomic mass is 9.67. The number of Topliss-reactive ketones (excluding diaryl/α,β-unsaturated/α-hetero) is 1. The molecule has 0 aromatic heterocycles. The van der Waals surface area contributed by atoms with E-state index in [-0.39, 0.29) is 5.78 Å². The van der Waals surface area contributed by atoms with Gasteiger partial charge in [0, 0.05) is 17.7 Å². The molecule has 3 atom stereocenters. The monoisotopic (exact) mass is 401 g/mol. The molecular weight excluding hydrogens is 382 g/mol. The molecule has 2 aliphatic heterocycles. The van der Waals surface area contributed by atoms with Crippen LogP contribution in [0.2, 0.25) is 0 Å². The summed E-state index contributed by atoms with van der Waals surface area (Å²) in [5.74, 6) is -0.687. The summed E-state index contributed by atoms with van der Waals surface area (Å²) in [4.78, 5) is 15.8. The molecule has 0 radical (unpaired) electrons. The molecule has 2 aliphatic rings. The number of hydrogen-bond acceptors (Lipinski definition) is 4. The first-order valence-corrected chi connectivity index (χ1v) is 10.2. The Morgan fingerprint density at radius 2 is 1.45 bits per heavy atom. The Bertz CT molecular complexity index is 1240. The van der Waals surface area contributed by atoms with E-state index in [2.05, 4.69) is 12.1 Å². The van der Waals surface area contributed by atoms with E-state index in [1.54, 1.807) is 12.1 Å². The van der Waals surface area contributed by atoms with Crippen LogP contribution < -0.4 is 0 Å². The molecule has 1 unspecified atom stereocenters.